The Morgan fingerprint density at radius 2 is 2.00 bits per heavy atom. The number of halogens is 3. The number of carboxylic acid groups (broad SMARTS) is 1. The maximum atomic E-state index is 12.3. The van der Waals surface area contributed by atoms with Crippen molar-refractivity contribution >= 4 is 11.9 Å². The quantitative estimate of drug-likeness (QED) is 0.836. The SMILES string of the molecule is O=C(O)c1ccc2c(n1)CN(C(=O)C(F)(F)F)CC2. The molecule has 1 amide bonds. The lowest BCUT2D eigenvalue weighted by atomic mass is 10.0. The van der Waals surface area contributed by atoms with Crippen molar-refractivity contribution in [1.82, 2.24) is 9.88 Å². The number of pyridine rings is 1. The maximum Gasteiger partial charge on any atom is 0.471 e. The Balaban J connectivity index is 2.25. The Morgan fingerprint density at radius 1 is 1.32 bits per heavy atom. The average Bonchev–Trinajstić information content (AvgIpc) is 2.35. The highest BCUT2D eigenvalue weighted by molar-refractivity contribution is 5.85. The van der Waals surface area contributed by atoms with Crippen LogP contribution in [0.4, 0.5) is 13.2 Å². The molecule has 0 saturated carbocycles. The average molecular weight is 274 g/mol. The molecular formula is C11H9F3N2O3. The second-order valence-electron chi connectivity index (χ2n) is 4.08. The molecule has 0 aliphatic carbocycles. The largest absolute Gasteiger partial charge is 0.477 e. The number of hydrogen-bond donors (Lipinski definition) is 1. The summed E-state index contributed by atoms with van der Waals surface area (Å²) in [6, 6.07) is 2.81. The summed E-state index contributed by atoms with van der Waals surface area (Å²) in [5.41, 5.74) is 0.611. The van der Waals surface area contributed by atoms with Crippen LogP contribution in [0.15, 0.2) is 12.1 Å². The Kier molecular flexibility index (Phi) is 3.17. The second kappa shape index (κ2) is 4.52. The van der Waals surface area contributed by atoms with Crippen LogP contribution in [0.1, 0.15) is 21.7 Å². The van der Waals surface area contributed by atoms with Crippen LogP contribution in [0.2, 0.25) is 0 Å². The summed E-state index contributed by atoms with van der Waals surface area (Å²) in [5.74, 6) is -3.19. The van der Waals surface area contributed by atoms with Gasteiger partial charge < -0.3 is 10.0 Å². The van der Waals surface area contributed by atoms with Crippen molar-refractivity contribution in [2.24, 2.45) is 0 Å². The van der Waals surface area contributed by atoms with Gasteiger partial charge in [0.25, 0.3) is 0 Å². The molecule has 0 spiro atoms. The molecule has 19 heavy (non-hydrogen) atoms. The van der Waals surface area contributed by atoms with E-state index in [-0.39, 0.29) is 30.9 Å². The van der Waals surface area contributed by atoms with Crippen LogP contribution in [-0.2, 0) is 17.8 Å². The van der Waals surface area contributed by atoms with Crippen molar-refractivity contribution in [2.45, 2.75) is 19.1 Å². The number of hydrogen-bond acceptors (Lipinski definition) is 3. The molecule has 0 saturated heterocycles. The third-order valence-corrected chi connectivity index (χ3v) is 2.81. The van der Waals surface area contributed by atoms with Gasteiger partial charge in [-0.2, -0.15) is 13.2 Å². The Labute approximate surface area is 105 Å². The summed E-state index contributed by atoms with van der Waals surface area (Å²) < 4.78 is 36.9. The number of rotatable bonds is 1. The van der Waals surface area contributed by atoms with Crippen LogP contribution in [-0.4, -0.2) is 39.6 Å². The van der Waals surface area contributed by atoms with Gasteiger partial charge in [-0.15, -0.1) is 0 Å². The number of carboxylic acids is 1. The first-order valence-corrected chi connectivity index (χ1v) is 5.37. The molecule has 5 nitrogen and oxygen atoms in total. The molecule has 0 bridgehead atoms. The number of carbonyl (C=O) groups is 2. The van der Waals surface area contributed by atoms with E-state index in [2.05, 4.69) is 4.98 Å². The van der Waals surface area contributed by atoms with E-state index in [4.69, 9.17) is 5.11 Å². The molecule has 2 rings (SSSR count). The van der Waals surface area contributed by atoms with Crippen molar-refractivity contribution < 1.29 is 27.9 Å². The number of nitrogens with zero attached hydrogens (tertiary/aromatic N) is 2. The van der Waals surface area contributed by atoms with E-state index in [0.29, 0.717) is 10.5 Å². The first-order chi connectivity index (χ1) is 8.79. The van der Waals surface area contributed by atoms with Gasteiger partial charge >= 0.3 is 18.1 Å². The third-order valence-electron chi connectivity index (χ3n) is 2.81. The highest BCUT2D eigenvalue weighted by atomic mass is 19.4. The van der Waals surface area contributed by atoms with Gasteiger partial charge in [0.15, 0.2) is 0 Å². The molecule has 1 aromatic rings. The van der Waals surface area contributed by atoms with Crippen LogP contribution in [0.25, 0.3) is 0 Å². The van der Waals surface area contributed by atoms with E-state index >= 15 is 0 Å². The molecular weight excluding hydrogens is 265 g/mol. The molecule has 0 radical (unpaired) electrons. The Hall–Kier alpha value is -2.12. The molecule has 1 N–H and O–H groups in total. The Morgan fingerprint density at radius 3 is 2.58 bits per heavy atom. The lowest BCUT2D eigenvalue weighted by molar-refractivity contribution is -0.186. The van der Waals surface area contributed by atoms with Crippen molar-refractivity contribution in [1.29, 1.82) is 0 Å². The molecule has 1 aliphatic heterocycles. The summed E-state index contributed by atoms with van der Waals surface area (Å²) in [5, 5.41) is 8.77. The zero-order valence-electron chi connectivity index (χ0n) is 9.57. The summed E-state index contributed by atoms with van der Waals surface area (Å²) in [6.07, 6.45) is -4.70. The topological polar surface area (TPSA) is 70.5 Å². The van der Waals surface area contributed by atoms with Crippen molar-refractivity contribution in [2.75, 3.05) is 6.54 Å². The van der Waals surface area contributed by atoms with Gasteiger partial charge in [0, 0.05) is 6.54 Å². The molecule has 0 unspecified atom stereocenters. The predicted molar refractivity (Wildman–Crippen MR) is 56.4 cm³/mol. The van der Waals surface area contributed by atoms with Crippen LogP contribution >= 0.6 is 0 Å². The zero-order valence-corrected chi connectivity index (χ0v) is 9.57. The number of aromatic nitrogens is 1. The van der Waals surface area contributed by atoms with Crippen LogP contribution in [0.3, 0.4) is 0 Å². The first kappa shape index (κ1) is 13.3. The monoisotopic (exact) mass is 274 g/mol. The number of amides is 1. The van der Waals surface area contributed by atoms with Gasteiger partial charge in [0.05, 0.1) is 12.2 Å². The van der Waals surface area contributed by atoms with Crippen molar-refractivity contribution in [3.8, 4) is 0 Å². The van der Waals surface area contributed by atoms with E-state index in [1.54, 1.807) is 0 Å². The van der Waals surface area contributed by atoms with Crippen LogP contribution < -0.4 is 0 Å². The van der Waals surface area contributed by atoms with Gasteiger partial charge in [-0.3, -0.25) is 4.79 Å². The first-order valence-electron chi connectivity index (χ1n) is 5.37. The lowest BCUT2D eigenvalue weighted by Gasteiger charge is -2.28. The minimum Gasteiger partial charge on any atom is -0.477 e. The summed E-state index contributed by atoms with van der Waals surface area (Å²) >= 11 is 0. The molecule has 102 valence electrons. The fraction of sp³-hybridized carbons (Fsp3) is 0.364. The van der Waals surface area contributed by atoms with Gasteiger partial charge in [0.2, 0.25) is 0 Å². The molecule has 0 fully saturated rings. The molecule has 8 heteroatoms. The van der Waals surface area contributed by atoms with Crippen molar-refractivity contribution in [3.63, 3.8) is 0 Å². The molecule has 0 aromatic carbocycles. The smallest absolute Gasteiger partial charge is 0.471 e. The molecule has 1 aromatic heterocycles. The highest BCUT2D eigenvalue weighted by Gasteiger charge is 2.43. The minimum absolute atomic E-state index is 0.0561. The van der Waals surface area contributed by atoms with E-state index in [1.165, 1.54) is 12.1 Å². The second-order valence-corrected chi connectivity index (χ2v) is 4.08. The number of fused-ring (bicyclic) bond motifs is 1. The van der Waals surface area contributed by atoms with E-state index in [9.17, 15) is 22.8 Å². The van der Waals surface area contributed by atoms with E-state index in [1.807, 2.05) is 0 Å². The van der Waals surface area contributed by atoms with E-state index in [0.717, 1.165) is 0 Å². The third kappa shape index (κ3) is 2.67. The number of carbonyl (C=O) groups excluding carboxylic acids is 1. The fourth-order valence-corrected chi connectivity index (χ4v) is 1.88. The normalized spacial score (nSPS) is 15.0. The molecule has 1 aliphatic rings. The number of aromatic carboxylic acids is 1. The zero-order chi connectivity index (χ0) is 14.2. The Bertz CT molecular complexity index is 542. The van der Waals surface area contributed by atoms with Gasteiger partial charge in [-0.25, -0.2) is 9.78 Å². The van der Waals surface area contributed by atoms with Gasteiger partial charge in [-0.1, -0.05) is 6.07 Å². The highest BCUT2D eigenvalue weighted by Crippen LogP contribution is 2.24. The van der Waals surface area contributed by atoms with Crippen molar-refractivity contribution in [3.05, 3.63) is 29.1 Å². The fourth-order valence-electron chi connectivity index (χ4n) is 1.88. The lowest BCUT2D eigenvalue weighted by Crippen LogP contribution is -2.44. The minimum atomic E-state index is -4.93. The molecule has 2 heterocycles. The van der Waals surface area contributed by atoms with Gasteiger partial charge in [0.1, 0.15) is 5.69 Å². The summed E-state index contributed by atoms with van der Waals surface area (Å²) in [4.78, 5) is 26.2. The summed E-state index contributed by atoms with van der Waals surface area (Å²) in [7, 11) is 0. The standard InChI is InChI=1S/C11H9F3N2O3/c12-11(13,14)10(19)16-4-3-6-1-2-7(9(17)18)15-8(6)5-16/h1-2H,3-5H2,(H,17,18). The maximum absolute atomic E-state index is 12.3. The van der Waals surface area contributed by atoms with Gasteiger partial charge in [-0.05, 0) is 18.1 Å². The van der Waals surface area contributed by atoms with E-state index < -0.39 is 18.1 Å². The van der Waals surface area contributed by atoms with Crippen LogP contribution in [0.5, 0.6) is 0 Å². The number of alkyl halides is 3. The predicted octanol–water partition coefficient (Wildman–Crippen LogP) is 1.23. The summed E-state index contributed by atoms with van der Waals surface area (Å²) in [6.45, 7) is -0.381. The molecule has 0 atom stereocenters. The van der Waals surface area contributed by atoms with Crippen LogP contribution in [0, 0.1) is 0 Å².